The summed E-state index contributed by atoms with van der Waals surface area (Å²) in [4.78, 5) is 29.7. The zero-order valence-electron chi connectivity index (χ0n) is 14.3. The summed E-state index contributed by atoms with van der Waals surface area (Å²) >= 11 is 6.15. The Bertz CT molecular complexity index is 1110. The van der Waals surface area contributed by atoms with Crippen LogP contribution in [0.1, 0.15) is 18.4 Å². The van der Waals surface area contributed by atoms with Crippen molar-refractivity contribution in [1.82, 2.24) is 10.3 Å². The molecule has 0 fully saturated rings. The molecule has 0 spiro atoms. The molecule has 3 aromatic rings. The largest absolute Gasteiger partial charge is 0.478 e. The Balaban J connectivity index is 1.53. The molecule has 142 valence electrons. The second-order valence-electron chi connectivity index (χ2n) is 6.25. The number of nitrogens with one attached hydrogen (secondary N) is 1. The van der Waals surface area contributed by atoms with Crippen molar-refractivity contribution in [3.05, 3.63) is 53.1 Å². The van der Waals surface area contributed by atoms with Gasteiger partial charge in [0.2, 0.25) is 11.5 Å². The number of aromatic nitrogens is 2. The highest BCUT2D eigenvalue weighted by Gasteiger charge is 2.49. The van der Waals surface area contributed by atoms with Gasteiger partial charge in [0.1, 0.15) is 5.52 Å². The van der Waals surface area contributed by atoms with Crippen LogP contribution in [-0.4, -0.2) is 38.6 Å². The summed E-state index contributed by atoms with van der Waals surface area (Å²) in [6.45, 7) is 0. The first-order valence-corrected chi connectivity index (χ1v) is 8.61. The number of carbonyl (C=O) groups excluding carboxylic acids is 1. The van der Waals surface area contributed by atoms with E-state index in [0.717, 1.165) is 0 Å². The molecule has 28 heavy (non-hydrogen) atoms. The molecule has 0 aliphatic carbocycles. The number of amides is 1. The van der Waals surface area contributed by atoms with Gasteiger partial charge in [0.15, 0.2) is 5.52 Å². The van der Waals surface area contributed by atoms with E-state index in [2.05, 4.69) is 25.4 Å². The van der Waals surface area contributed by atoms with Gasteiger partial charge >= 0.3 is 5.97 Å². The number of carbonyl (C=O) groups is 2. The fourth-order valence-corrected chi connectivity index (χ4v) is 3.21. The molecule has 2 aromatic carbocycles. The number of carboxylic acids is 1. The van der Waals surface area contributed by atoms with Crippen LogP contribution in [-0.2, 0) is 14.4 Å². The van der Waals surface area contributed by atoms with E-state index < -0.39 is 23.9 Å². The number of oxime groups is 1. The van der Waals surface area contributed by atoms with Gasteiger partial charge in [0.05, 0.1) is 17.8 Å². The number of hydrogen-bond acceptors (Lipinski definition) is 7. The van der Waals surface area contributed by atoms with Gasteiger partial charge in [-0.3, -0.25) is 4.79 Å². The predicted octanol–water partition coefficient (Wildman–Crippen LogP) is 2.85. The highest BCUT2D eigenvalue weighted by atomic mass is 35.5. The number of carboxylic acid groups (broad SMARTS) is 1. The molecule has 1 unspecified atom stereocenters. The number of halogens is 1. The van der Waals surface area contributed by atoms with Gasteiger partial charge in [-0.05, 0) is 28.5 Å². The normalized spacial score (nSPS) is 18.5. The molecule has 0 radical (unpaired) electrons. The van der Waals surface area contributed by atoms with Crippen LogP contribution < -0.4 is 5.32 Å². The Morgan fingerprint density at radius 2 is 2.00 bits per heavy atom. The molecule has 1 atom stereocenters. The quantitative estimate of drug-likeness (QED) is 0.674. The van der Waals surface area contributed by atoms with Crippen LogP contribution in [0, 0.1) is 0 Å². The Labute approximate surface area is 162 Å². The minimum atomic E-state index is -1.82. The van der Waals surface area contributed by atoms with E-state index in [1.807, 2.05) is 0 Å². The summed E-state index contributed by atoms with van der Waals surface area (Å²) in [5, 5.41) is 24.0. The maximum absolute atomic E-state index is 12.5. The number of benzene rings is 2. The number of fused-ring (bicyclic) bond motifs is 1. The molecule has 0 bridgehead atoms. The fourth-order valence-electron chi connectivity index (χ4n) is 2.96. The van der Waals surface area contributed by atoms with Crippen molar-refractivity contribution in [3.63, 3.8) is 0 Å². The van der Waals surface area contributed by atoms with Crippen LogP contribution in [0.3, 0.4) is 0 Å². The lowest BCUT2D eigenvalue weighted by Gasteiger charge is -2.21. The Morgan fingerprint density at radius 3 is 2.79 bits per heavy atom. The van der Waals surface area contributed by atoms with Gasteiger partial charge in [0, 0.05) is 17.0 Å². The maximum atomic E-state index is 12.5. The van der Waals surface area contributed by atoms with Crippen LogP contribution in [0.15, 0.2) is 52.2 Å². The van der Waals surface area contributed by atoms with Crippen molar-refractivity contribution < 1.29 is 24.2 Å². The molecular weight excluding hydrogens is 388 g/mol. The first-order valence-electron chi connectivity index (χ1n) is 8.23. The number of hydrogen-bond donors (Lipinski definition) is 2. The SMILES string of the molecule is O=C(CC1(C(=O)O)CC(c2ccccc2Cl)=NO1)Nc1cccc2nonc12. The number of rotatable bonds is 5. The summed E-state index contributed by atoms with van der Waals surface area (Å²) in [5.41, 5.74) is 0.284. The monoisotopic (exact) mass is 400 g/mol. The lowest BCUT2D eigenvalue weighted by atomic mass is 9.90. The fraction of sp³-hybridized carbons (Fsp3) is 0.167. The molecule has 2 N–H and O–H groups in total. The molecule has 1 amide bonds. The molecule has 1 aliphatic rings. The smallest absolute Gasteiger partial charge is 0.351 e. The number of aliphatic carboxylic acids is 1. The van der Waals surface area contributed by atoms with E-state index in [0.29, 0.717) is 33.0 Å². The van der Waals surface area contributed by atoms with Crippen molar-refractivity contribution >= 4 is 45.9 Å². The Morgan fingerprint density at radius 1 is 1.18 bits per heavy atom. The highest BCUT2D eigenvalue weighted by Crippen LogP contribution is 2.33. The minimum Gasteiger partial charge on any atom is -0.478 e. The van der Waals surface area contributed by atoms with E-state index in [1.54, 1.807) is 42.5 Å². The van der Waals surface area contributed by atoms with Crippen LogP contribution >= 0.6 is 11.6 Å². The first kappa shape index (κ1) is 17.9. The van der Waals surface area contributed by atoms with Crippen molar-refractivity contribution in [1.29, 1.82) is 0 Å². The maximum Gasteiger partial charge on any atom is 0.351 e. The minimum absolute atomic E-state index is 0.102. The summed E-state index contributed by atoms with van der Waals surface area (Å²) in [6, 6.07) is 11.8. The topological polar surface area (TPSA) is 127 Å². The number of nitrogens with zero attached hydrogens (tertiary/aromatic N) is 3. The highest BCUT2D eigenvalue weighted by molar-refractivity contribution is 6.34. The van der Waals surface area contributed by atoms with Gasteiger partial charge in [0.25, 0.3) is 0 Å². The molecule has 9 nitrogen and oxygen atoms in total. The van der Waals surface area contributed by atoms with E-state index in [4.69, 9.17) is 16.4 Å². The summed E-state index contributed by atoms with van der Waals surface area (Å²) in [5.74, 6) is -1.87. The molecule has 10 heteroatoms. The van der Waals surface area contributed by atoms with Gasteiger partial charge in [-0.15, -0.1) is 0 Å². The number of anilines is 1. The van der Waals surface area contributed by atoms with Crippen molar-refractivity contribution in [2.45, 2.75) is 18.4 Å². The second kappa shape index (κ2) is 6.93. The average Bonchev–Trinajstić information content (AvgIpc) is 3.30. The third kappa shape index (κ3) is 3.16. The summed E-state index contributed by atoms with van der Waals surface area (Å²) < 4.78 is 4.65. The molecule has 0 saturated carbocycles. The van der Waals surface area contributed by atoms with Crippen LogP contribution in [0.4, 0.5) is 5.69 Å². The third-order valence-corrected chi connectivity index (χ3v) is 4.69. The van der Waals surface area contributed by atoms with E-state index in [1.165, 1.54) is 0 Å². The van der Waals surface area contributed by atoms with Crippen molar-refractivity contribution in [2.24, 2.45) is 5.16 Å². The van der Waals surface area contributed by atoms with E-state index in [-0.39, 0.29) is 6.42 Å². The van der Waals surface area contributed by atoms with Crippen LogP contribution in [0.25, 0.3) is 11.0 Å². The van der Waals surface area contributed by atoms with Gasteiger partial charge in [-0.1, -0.05) is 41.0 Å². The van der Waals surface area contributed by atoms with Gasteiger partial charge in [-0.25, -0.2) is 9.42 Å². The Hall–Kier alpha value is -3.46. The molecule has 1 aliphatic heterocycles. The van der Waals surface area contributed by atoms with E-state index in [9.17, 15) is 14.7 Å². The Kier molecular flexibility index (Phi) is 4.44. The standard InChI is InChI=1S/C18H13ClN4O5/c19-11-5-2-1-4-10(11)14-8-18(17(25)26,27-21-14)9-15(24)20-12-6-3-7-13-16(12)23-28-22-13/h1-7H,8-9H2,(H,20,24)(H,25,26). The third-order valence-electron chi connectivity index (χ3n) is 4.36. The second-order valence-corrected chi connectivity index (χ2v) is 6.66. The van der Waals surface area contributed by atoms with Gasteiger partial charge < -0.3 is 15.3 Å². The molecule has 1 aromatic heterocycles. The van der Waals surface area contributed by atoms with Crippen molar-refractivity contribution in [3.8, 4) is 0 Å². The lowest BCUT2D eigenvalue weighted by Crippen LogP contribution is -2.42. The van der Waals surface area contributed by atoms with Crippen LogP contribution in [0.2, 0.25) is 5.02 Å². The summed E-state index contributed by atoms with van der Waals surface area (Å²) in [6.07, 6.45) is -0.559. The van der Waals surface area contributed by atoms with E-state index >= 15 is 0 Å². The predicted molar refractivity (Wildman–Crippen MR) is 99.1 cm³/mol. The molecule has 0 saturated heterocycles. The van der Waals surface area contributed by atoms with Crippen molar-refractivity contribution in [2.75, 3.05) is 5.32 Å². The van der Waals surface area contributed by atoms with Gasteiger partial charge in [-0.2, -0.15) is 0 Å². The molecule has 4 rings (SSSR count). The lowest BCUT2D eigenvalue weighted by molar-refractivity contribution is -0.165. The zero-order valence-corrected chi connectivity index (χ0v) is 15.0. The molecule has 2 heterocycles. The summed E-state index contributed by atoms with van der Waals surface area (Å²) in [7, 11) is 0. The molecular formula is C18H13ClN4O5. The zero-order chi connectivity index (χ0) is 19.7. The van der Waals surface area contributed by atoms with Crippen LogP contribution in [0.5, 0.6) is 0 Å². The first-order chi connectivity index (χ1) is 13.5. The average molecular weight is 401 g/mol.